The maximum atomic E-state index is 11.5. The van der Waals surface area contributed by atoms with Gasteiger partial charge in [-0.1, -0.05) is 18.2 Å². The normalized spacial score (nSPS) is 11.9. The summed E-state index contributed by atoms with van der Waals surface area (Å²) in [6, 6.07) is 9.16. The minimum Gasteiger partial charge on any atom is -0.484 e. The van der Waals surface area contributed by atoms with Gasteiger partial charge in [-0.2, -0.15) is 0 Å². The summed E-state index contributed by atoms with van der Waals surface area (Å²) in [5, 5.41) is 9.12. The van der Waals surface area contributed by atoms with Gasteiger partial charge in [0.2, 0.25) is 0 Å². The lowest BCUT2D eigenvalue weighted by atomic mass is 10.3. The average molecular weight is 223 g/mol. The highest BCUT2D eigenvalue weighted by atomic mass is 16.5. The quantitative estimate of drug-likeness (QED) is 0.807. The highest BCUT2D eigenvalue weighted by molar-refractivity contribution is 5.77. The Hall–Kier alpha value is -1.55. The van der Waals surface area contributed by atoms with Crippen LogP contribution in [0.3, 0.4) is 0 Å². The van der Waals surface area contributed by atoms with Crippen LogP contribution < -0.4 is 4.74 Å². The van der Waals surface area contributed by atoms with E-state index in [-0.39, 0.29) is 12.5 Å². The Kier molecular flexibility index (Phi) is 4.79. The summed E-state index contributed by atoms with van der Waals surface area (Å²) >= 11 is 0. The number of hydrogen-bond acceptors (Lipinski definition) is 3. The number of likely N-dealkylation sites (N-methyl/N-ethyl adjacent to an activating group) is 1. The predicted octanol–water partition coefficient (Wildman–Crippen LogP) is 0.905. The van der Waals surface area contributed by atoms with Crippen LogP contribution in [0.15, 0.2) is 30.3 Å². The summed E-state index contributed by atoms with van der Waals surface area (Å²) < 4.78 is 5.30. The molecule has 0 heterocycles. The van der Waals surface area contributed by atoms with E-state index in [4.69, 9.17) is 9.84 Å². The zero-order valence-electron chi connectivity index (χ0n) is 9.59. The van der Waals surface area contributed by atoms with Crippen molar-refractivity contribution >= 4 is 5.91 Å². The SMILES string of the molecule is CC(O)CN(C)C(=O)COc1ccccc1. The van der Waals surface area contributed by atoms with E-state index < -0.39 is 6.10 Å². The van der Waals surface area contributed by atoms with Crippen molar-refractivity contribution in [1.82, 2.24) is 4.90 Å². The molecule has 1 atom stereocenters. The molecule has 1 aromatic rings. The number of para-hydroxylation sites is 1. The number of ether oxygens (including phenoxy) is 1. The van der Waals surface area contributed by atoms with Gasteiger partial charge < -0.3 is 14.7 Å². The van der Waals surface area contributed by atoms with Crippen LogP contribution in [-0.2, 0) is 4.79 Å². The molecule has 0 bridgehead atoms. The Balaban J connectivity index is 2.35. The molecule has 1 amide bonds. The molecule has 0 aromatic heterocycles. The number of aliphatic hydroxyl groups excluding tert-OH is 1. The van der Waals surface area contributed by atoms with Crippen molar-refractivity contribution in [2.24, 2.45) is 0 Å². The van der Waals surface area contributed by atoms with Crippen LogP contribution in [0.2, 0.25) is 0 Å². The second kappa shape index (κ2) is 6.12. The molecule has 1 unspecified atom stereocenters. The zero-order chi connectivity index (χ0) is 12.0. The summed E-state index contributed by atoms with van der Waals surface area (Å²) in [4.78, 5) is 13.0. The van der Waals surface area contributed by atoms with Gasteiger partial charge in [-0.15, -0.1) is 0 Å². The van der Waals surface area contributed by atoms with Crippen molar-refractivity contribution in [2.45, 2.75) is 13.0 Å². The fourth-order valence-electron chi connectivity index (χ4n) is 1.27. The second-order valence-electron chi connectivity index (χ2n) is 3.73. The Bertz CT molecular complexity index is 324. The van der Waals surface area contributed by atoms with E-state index >= 15 is 0 Å². The minimum atomic E-state index is -0.523. The first-order chi connectivity index (χ1) is 7.59. The molecule has 0 fully saturated rings. The van der Waals surface area contributed by atoms with Crippen molar-refractivity contribution in [3.05, 3.63) is 30.3 Å². The predicted molar refractivity (Wildman–Crippen MR) is 61.3 cm³/mol. The Labute approximate surface area is 95.5 Å². The number of benzene rings is 1. The first kappa shape index (κ1) is 12.5. The molecule has 0 aliphatic carbocycles. The average Bonchev–Trinajstić information content (AvgIpc) is 2.26. The summed E-state index contributed by atoms with van der Waals surface area (Å²) in [6.45, 7) is 1.95. The minimum absolute atomic E-state index is 0.00671. The number of rotatable bonds is 5. The number of nitrogens with zero attached hydrogens (tertiary/aromatic N) is 1. The third kappa shape index (κ3) is 4.31. The number of aliphatic hydroxyl groups is 1. The Morgan fingerprint density at radius 2 is 2.06 bits per heavy atom. The molecule has 16 heavy (non-hydrogen) atoms. The van der Waals surface area contributed by atoms with Crippen LogP contribution in [0.4, 0.5) is 0 Å². The highest BCUT2D eigenvalue weighted by Crippen LogP contribution is 2.08. The number of carbonyl (C=O) groups excluding carboxylic acids is 1. The summed E-state index contributed by atoms with van der Waals surface area (Å²) in [7, 11) is 1.64. The van der Waals surface area contributed by atoms with E-state index in [2.05, 4.69) is 0 Å². The van der Waals surface area contributed by atoms with Gasteiger partial charge in [-0.25, -0.2) is 0 Å². The van der Waals surface area contributed by atoms with Gasteiger partial charge >= 0.3 is 0 Å². The van der Waals surface area contributed by atoms with E-state index in [0.29, 0.717) is 12.3 Å². The summed E-state index contributed by atoms with van der Waals surface area (Å²) in [6.07, 6.45) is -0.523. The maximum Gasteiger partial charge on any atom is 0.260 e. The Morgan fingerprint density at radius 1 is 1.44 bits per heavy atom. The van der Waals surface area contributed by atoms with Gasteiger partial charge in [0.25, 0.3) is 5.91 Å². The van der Waals surface area contributed by atoms with Crippen LogP contribution in [0.1, 0.15) is 6.92 Å². The van der Waals surface area contributed by atoms with E-state index in [1.54, 1.807) is 26.1 Å². The molecule has 0 saturated carbocycles. The van der Waals surface area contributed by atoms with Crippen molar-refractivity contribution in [3.8, 4) is 5.75 Å². The number of carbonyl (C=O) groups is 1. The molecule has 1 N–H and O–H groups in total. The molecular weight excluding hydrogens is 206 g/mol. The van der Waals surface area contributed by atoms with E-state index in [1.807, 2.05) is 18.2 Å². The molecule has 88 valence electrons. The van der Waals surface area contributed by atoms with Crippen LogP contribution in [-0.4, -0.2) is 42.2 Å². The van der Waals surface area contributed by atoms with E-state index in [1.165, 1.54) is 4.90 Å². The third-order valence-corrected chi connectivity index (χ3v) is 2.07. The standard InChI is InChI=1S/C12H17NO3/c1-10(14)8-13(2)12(15)9-16-11-6-4-3-5-7-11/h3-7,10,14H,8-9H2,1-2H3. The molecule has 4 heteroatoms. The summed E-state index contributed by atoms with van der Waals surface area (Å²) in [5.74, 6) is 0.519. The lowest BCUT2D eigenvalue weighted by molar-refractivity contribution is -0.133. The van der Waals surface area contributed by atoms with Crippen LogP contribution >= 0.6 is 0 Å². The van der Waals surface area contributed by atoms with Crippen molar-refractivity contribution in [3.63, 3.8) is 0 Å². The van der Waals surface area contributed by atoms with Crippen molar-refractivity contribution in [1.29, 1.82) is 0 Å². The molecule has 4 nitrogen and oxygen atoms in total. The third-order valence-electron chi connectivity index (χ3n) is 2.07. The highest BCUT2D eigenvalue weighted by Gasteiger charge is 2.11. The molecule has 0 aliphatic heterocycles. The molecule has 0 spiro atoms. The first-order valence-corrected chi connectivity index (χ1v) is 5.19. The smallest absolute Gasteiger partial charge is 0.260 e. The molecule has 1 rings (SSSR count). The van der Waals surface area contributed by atoms with Gasteiger partial charge in [0.05, 0.1) is 6.10 Å². The van der Waals surface area contributed by atoms with Crippen LogP contribution in [0.25, 0.3) is 0 Å². The molecule has 0 radical (unpaired) electrons. The molecular formula is C12H17NO3. The summed E-state index contributed by atoms with van der Waals surface area (Å²) in [5.41, 5.74) is 0. The van der Waals surface area contributed by atoms with Gasteiger partial charge in [-0.3, -0.25) is 4.79 Å². The number of hydrogen-bond donors (Lipinski definition) is 1. The molecule has 1 aromatic carbocycles. The lowest BCUT2D eigenvalue weighted by Crippen LogP contribution is -2.36. The second-order valence-corrected chi connectivity index (χ2v) is 3.73. The fourth-order valence-corrected chi connectivity index (χ4v) is 1.27. The van der Waals surface area contributed by atoms with Crippen LogP contribution in [0, 0.1) is 0 Å². The van der Waals surface area contributed by atoms with Gasteiger partial charge in [-0.05, 0) is 19.1 Å². The monoisotopic (exact) mass is 223 g/mol. The lowest BCUT2D eigenvalue weighted by Gasteiger charge is -2.18. The van der Waals surface area contributed by atoms with Gasteiger partial charge in [0.15, 0.2) is 6.61 Å². The fraction of sp³-hybridized carbons (Fsp3) is 0.417. The Morgan fingerprint density at radius 3 is 2.62 bits per heavy atom. The van der Waals surface area contributed by atoms with Gasteiger partial charge in [0.1, 0.15) is 5.75 Å². The largest absolute Gasteiger partial charge is 0.484 e. The van der Waals surface area contributed by atoms with Gasteiger partial charge in [0, 0.05) is 13.6 Å². The van der Waals surface area contributed by atoms with Crippen molar-refractivity contribution < 1.29 is 14.6 Å². The zero-order valence-corrected chi connectivity index (χ0v) is 9.59. The number of amides is 1. The first-order valence-electron chi connectivity index (χ1n) is 5.19. The van der Waals surface area contributed by atoms with Crippen LogP contribution in [0.5, 0.6) is 5.75 Å². The maximum absolute atomic E-state index is 11.5. The van der Waals surface area contributed by atoms with E-state index in [9.17, 15) is 4.79 Å². The van der Waals surface area contributed by atoms with E-state index in [0.717, 1.165) is 0 Å². The molecule has 0 saturated heterocycles. The molecule has 0 aliphatic rings. The topological polar surface area (TPSA) is 49.8 Å². The van der Waals surface area contributed by atoms with Crippen molar-refractivity contribution in [2.75, 3.05) is 20.2 Å².